The van der Waals surface area contributed by atoms with Gasteiger partial charge < -0.3 is 10.6 Å². The molecule has 94 valence electrons. The number of rotatable bonds is 5. The molecule has 3 N–H and O–H groups in total. The van der Waals surface area contributed by atoms with Crippen LogP contribution in [0.2, 0.25) is 0 Å². The number of aromatic amines is 1. The van der Waals surface area contributed by atoms with Gasteiger partial charge in [0.1, 0.15) is 12.2 Å². The van der Waals surface area contributed by atoms with E-state index in [9.17, 15) is 4.79 Å². The molecule has 1 fully saturated rings. The zero-order valence-corrected chi connectivity index (χ0v) is 10.1. The predicted octanol–water partition coefficient (Wildman–Crippen LogP) is 0.514. The standard InChI is InChI=1S/C11H19N5O/c1-8(11-13-7-14-16-11)15-10(17)6-12-9-4-2-3-5-9/h7-9,12H,2-6H2,1H3,(H,15,17)(H,13,14,16). The minimum Gasteiger partial charge on any atom is -0.345 e. The van der Waals surface area contributed by atoms with E-state index in [1.54, 1.807) is 0 Å². The molecule has 1 heterocycles. The third-order valence-electron chi connectivity index (χ3n) is 3.13. The molecule has 1 unspecified atom stereocenters. The monoisotopic (exact) mass is 237 g/mol. The van der Waals surface area contributed by atoms with E-state index in [0.717, 1.165) is 0 Å². The quantitative estimate of drug-likeness (QED) is 0.697. The lowest BCUT2D eigenvalue weighted by atomic mass is 10.2. The number of aromatic nitrogens is 3. The topological polar surface area (TPSA) is 82.7 Å². The highest BCUT2D eigenvalue weighted by atomic mass is 16.2. The molecule has 0 radical (unpaired) electrons. The molecule has 1 atom stereocenters. The van der Waals surface area contributed by atoms with Crippen molar-refractivity contribution in [2.75, 3.05) is 6.54 Å². The first-order chi connectivity index (χ1) is 8.25. The molecular formula is C11H19N5O. The van der Waals surface area contributed by atoms with Crippen LogP contribution in [-0.2, 0) is 4.79 Å². The third kappa shape index (κ3) is 3.52. The van der Waals surface area contributed by atoms with Crippen LogP contribution in [0.3, 0.4) is 0 Å². The van der Waals surface area contributed by atoms with Crippen molar-refractivity contribution in [3.05, 3.63) is 12.2 Å². The fourth-order valence-corrected chi connectivity index (χ4v) is 2.15. The molecule has 6 nitrogen and oxygen atoms in total. The van der Waals surface area contributed by atoms with E-state index in [0.29, 0.717) is 18.4 Å². The molecule has 0 saturated heterocycles. The van der Waals surface area contributed by atoms with E-state index in [-0.39, 0.29) is 11.9 Å². The number of nitrogens with zero attached hydrogens (tertiary/aromatic N) is 2. The second-order valence-electron chi connectivity index (χ2n) is 4.52. The van der Waals surface area contributed by atoms with Gasteiger partial charge in [-0.05, 0) is 19.8 Å². The van der Waals surface area contributed by atoms with Crippen molar-refractivity contribution in [1.29, 1.82) is 0 Å². The summed E-state index contributed by atoms with van der Waals surface area (Å²) in [6, 6.07) is 0.386. The van der Waals surface area contributed by atoms with Crippen LogP contribution in [0.5, 0.6) is 0 Å². The summed E-state index contributed by atoms with van der Waals surface area (Å²) in [5.41, 5.74) is 0. The zero-order chi connectivity index (χ0) is 12.1. The molecule has 1 aliphatic carbocycles. The Morgan fingerprint density at radius 2 is 2.35 bits per heavy atom. The molecule has 1 aromatic heterocycles. The third-order valence-corrected chi connectivity index (χ3v) is 3.13. The van der Waals surface area contributed by atoms with Crippen molar-refractivity contribution in [3.63, 3.8) is 0 Å². The highest BCUT2D eigenvalue weighted by Crippen LogP contribution is 2.17. The first kappa shape index (κ1) is 12.0. The second kappa shape index (κ2) is 5.77. The maximum Gasteiger partial charge on any atom is 0.234 e. The van der Waals surface area contributed by atoms with E-state index in [1.165, 1.54) is 32.0 Å². The molecule has 0 aliphatic heterocycles. The van der Waals surface area contributed by atoms with Crippen LogP contribution in [0, 0.1) is 0 Å². The first-order valence-electron chi connectivity index (χ1n) is 6.13. The second-order valence-corrected chi connectivity index (χ2v) is 4.52. The first-order valence-corrected chi connectivity index (χ1v) is 6.13. The van der Waals surface area contributed by atoms with Gasteiger partial charge in [-0.3, -0.25) is 9.89 Å². The minimum atomic E-state index is -0.129. The molecule has 0 bridgehead atoms. The van der Waals surface area contributed by atoms with Gasteiger partial charge in [-0.25, -0.2) is 4.98 Å². The summed E-state index contributed by atoms with van der Waals surface area (Å²) < 4.78 is 0. The summed E-state index contributed by atoms with van der Waals surface area (Å²) in [4.78, 5) is 15.7. The normalized spacial score (nSPS) is 18.2. The molecule has 1 amide bonds. The van der Waals surface area contributed by atoms with Crippen LogP contribution >= 0.6 is 0 Å². The van der Waals surface area contributed by atoms with Crippen LogP contribution in [-0.4, -0.2) is 33.7 Å². The summed E-state index contributed by atoms with van der Waals surface area (Å²) in [6.07, 6.45) is 6.35. The van der Waals surface area contributed by atoms with E-state index < -0.39 is 0 Å². The average molecular weight is 237 g/mol. The van der Waals surface area contributed by atoms with Crippen molar-refractivity contribution in [2.45, 2.75) is 44.7 Å². The fourth-order valence-electron chi connectivity index (χ4n) is 2.15. The number of H-pyrrole nitrogens is 1. The lowest BCUT2D eigenvalue weighted by Gasteiger charge is -2.14. The van der Waals surface area contributed by atoms with Crippen molar-refractivity contribution >= 4 is 5.91 Å². The Hall–Kier alpha value is -1.43. The van der Waals surface area contributed by atoms with Gasteiger partial charge in [-0.15, -0.1) is 0 Å². The van der Waals surface area contributed by atoms with Crippen molar-refractivity contribution in [2.24, 2.45) is 0 Å². The molecular weight excluding hydrogens is 218 g/mol. The van der Waals surface area contributed by atoms with Gasteiger partial charge in [0.2, 0.25) is 5.91 Å². The maximum absolute atomic E-state index is 11.7. The zero-order valence-electron chi connectivity index (χ0n) is 10.1. The predicted molar refractivity (Wildman–Crippen MR) is 63.2 cm³/mol. The van der Waals surface area contributed by atoms with Gasteiger partial charge in [0, 0.05) is 6.04 Å². The molecule has 1 saturated carbocycles. The summed E-state index contributed by atoms with van der Waals surface area (Å²) >= 11 is 0. The van der Waals surface area contributed by atoms with Gasteiger partial charge in [0.15, 0.2) is 0 Å². The van der Waals surface area contributed by atoms with Gasteiger partial charge >= 0.3 is 0 Å². The van der Waals surface area contributed by atoms with Gasteiger partial charge in [0.25, 0.3) is 0 Å². The van der Waals surface area contributed by atoms with Gasteiger partial charge in [0.05, 0.1) is 12.6 Å². The van der Waals surface area contributed by atoms with E-state index in [2.05, 4.69) is 25.8 Å². The lowest BCUT2D eigenvalue weighted by Crippen LogP contribution is -2.39. The molecule has 1 aliphatic rings. The number of carbonyl (C=O) groups excluding carboxylic acids is 1. The molecule has 6 heteroatoms. The maximum atomic E-state index is 11.7. The Labute approximate surface area is 101 Å². The Bertz CT molecular complexity index is 345. The van der Waals surface area contributed by atoms with Crippen LogP contribution in [0.1, 0.15) is 44.5 Å². The van der Waals surface area contributed by atoms with E-state index in [1.807, 2.05) is 6.92 Å². The summed E-state index contributed by atoms with van der Waals surface area (Å²) in [7, 11) is 0. The average Bonchev–Trinajstić information content (AvgIpc) is 2.99. The Balaban J connectivity index is 1.69. The smallest absolute Gasteiger partial charge is 0.234 e. The Morgan fingerprint density at radius 1 is 1.59 bits per heavy atom. The molecule has 0 aromatic carbocycles. The van der Waals surface area contributed by atoms with Crippen molar-refractivity contribution in [3.8, 4) is 0 Å². The van der Waals surface area contributed by atoms with E-state index in [4.69, 9.17) is 0 Å². The highest BCUT2D eigenvalue weighted by molar-refractivity contribution is 5.78. The van der Waals surface area contributed by atoms with Crippen LogP contribution in [0.25, 0.3) is 0 Å². The molecule has 2 rings (SSSR count). The Kier molecular flexibility index (Phi) is 4.08. The Morgan fingerprint density at radius 3 is 3.00 bits per heavy atom. The van der Waals surface area contributed by atoms with Crippen molar-refractivity contribution < 1.29 is 4.79 Å². The summed E-state index contributed by atoms with van der Waals surface area (Å²) in [6.45, 7) is 2.26. The van der Waals surface area contributed by atoms with E-state index >= 15 is 0 Å². The van der Waals surface area contributed by atoms with Crippen LogP contribution in [0.4, 0.5) is 0 Å². The minimum absolute atomic E-state index is 0.000741. The molecule has 17 heavy (non-hydrogen) atoms. The number of carbonyl (C=O) groups is 1. The lowest BCUT2D eigenvalue weighted by molar-refractivity contribution is -0.121. The van der Waals surface area contributed by atoms with Gasteiger partial charge in [-0.2, -0.15) is 5.10 Å². The van der Waals surface area contributed by atoms with Gasteiger partial charge in [-0.1, -0.05) is 12.8 Å². The van der Waals surface area contributed by atoms with Crippen LogP contribution < -0.4 is 10.6 Å². The highest BCUT2D eigenvalue weighted by Gasteiger charge is 2.16. The molecule has 0 spiro atoms. The molecule has 1 aromatic rings. The fraction of sp³-hybridized carbons (Fsp3) is 0.727. The number of nitrogens with one attached hydrogen (secondary N) is 3. The number of amides is 1. The largest absolute Gasteiger partial charge is 0.345 e. The summed E-state index contributed by atoms with van der Waals surface area (Å²) in [5, 5.41) is 12.6. The summed E-state index contributed by atoms with van der Waals surface area (Å²) in [5.74, 6) is 0.681. The number of hydrogen-bond donors (Lipinski definition) is 3. The SMILES string of the molecule is CC(NC(=O)CNC1CCCC1)c1ncn[nH]1. The van der Waals surface area contributed by atoms with Crippen LogP contribution in [0.15, 0.2) is 6.33 Å². The van der Waals surface area contributed by atoms with Crippen molar-refractivity contribution in [1.82, 2.24) is 25.8 Å². The number of hydrogen-bond acceptors (Lipinski definition) is 4.